The molecule has 0 spiro atoms. The number of allylic oxidation sites excluding steroid dienone is 2. The van der Waals surface area contributed by atoms with Gasteiger partial charge in [0.05, 0.1) is 5.92 Å². The number of hydrogen-bond donors (Lipinski definition) is 0. The molecule has 1 aliphatic carbocycles. The van der Waals surface area contributed by atoms with Gasteiger partial charge < -0.3 is 4.74 Å². The molecule has 124 valence electrons. The van der Waals surface area contributed by atoms with Crippen LogP contribution in [0, 0.1) is 5.92 Å². The first-order chi connectivity index (χ1) is 11.2. The van der Waals surface area contributed by atoms with Gasteiger partial charge in [0.25, 0.3) is 0 Å². The van der Waals surface area contributed by atoms with Crippen molar-refractivity contribution >= 4 is 5.97 Å². The lowest BCUT2D eigenvalue weighted by molar-refractivity contribution is -0.151. The Morgan fingerprint density at radius 1 is 1.26 bits per heavy atom. The van der Waals surface area contributed by atoms with Crippen LogP contribution in [0.25, 0.3) is 0 Å². The fourth-order valence-electron chi connectivity index (χ4n) is 3.79. The molecule has 3 heteroatoms. The fourth-order valence-corrected chi connectivity index (χ4v) is 3.79. The van der Waals surface area contributed by atoms with Crippen molar-refractivity contribution in [3.8, 4) is 0 Å². The number of hydrogen-bond acceptors (Lipinski definition) is 3. The molecule has 0 bridgehead atoms. The number of nitrogens with zero attached hydrogens (tertiary/aromatic N) is 1. The van der Waals surface area contributed by atoms with Crippen LogP contribution < -0.4 is 0 Å². The minimum Gasteiger partial charge on any atom is -0.461 e. The number of ether oxygens (including phenoxy) is 1. The summed E-state index contributed by atoms with van der Waals surface area (Å²) >= 11 is 0. The van der Waals surface area contributed by atoms with Crippen LogP contribution in [0.1, 0.15) is 44.1 Å². The van der Waals surface area contributed by atoms with Gasteiger partial charge in [0, 0.05) is 6.54 Å². The summed E-state index contributed by atoms with van der Waals surface area (Å²) in [4.78, 5) is 15.2. The van der Waals surface area contributed by atoms with Gasteiger partial charge in [0.1, 0.15) is 6.10 Å². The van der Waals surface area contributed by atoms with Crippen LogP contribution in [0.5, 0.6) is 0 Å². The lowest BCUT2D eigenvalue weighted by atomic mass is 9.85. The molecule has 0 N–H and O–H groups in total. The van der Waals surface area contributed by atoms with Gasteiger partial charge in [-0.25, -0.2) is 0 Å². The minimum atomic E-state index is -0.170. The third kappa shape index (κ3) is 4.23. The van der Waals surface area contributed by atoms with E-state index < -0.39 is 0 Å². The normalized spacial score (nSPS) is 23.8. The Bertz CT molecular complexity index is 534. The Labute approximate surface area is 139 Å². The lowest BCUT2D eigenvalue weighted by Crippen LogP contribution is -2.33. The highest BCUT2D eigenvalue weighted by Crippen LogP contribution is 2.34. The van der Waals surface area contributed by atoms with Crippen molar-refractivity contribution in [2.45, 2.75) is 44.6 Å². The minimum absolute atomic E-state index is 0.0443. The standard InChI is InChI=1S/C20H27NO2/c1-16(15-21-13-7-8-14-21)23-20(22)19(18-11-5-6-12-18)17-9-3-2-4-10-17/h2-5,9-11,16,18-19H,6-8,12-15H2,1H3/t16-,18-,19+/m0/s1. The molecule has 0 unspecified atom stereocenters. The van der Waals surface area contributed by atoms with Gasteiger partial charge in [-0.05, 0) is 57.2 Å². The van der Waals surface area contributed by atoms with Crippen LogP contribution in [0.4, 0.5) is 0 Å². The van der Waals surface area contributed by atoms with E-state index in [0.717, 1.165) is 38.0 Å². The van der Waals surface area contributed by atoms with E-state index in [2.05, 4.69) is 17.1 Å². The van der Waals surface area contributed by atoms with Crippen LogP contribution in [0.3, 0.4) is 0 Å². The van der Waals surface area contributed by atoms with Crippen molar-refractivity contribution < 1.29 is 9.53 Å². The van der Waals surface area contributed by atoms with E-state index in [1.807, 2.05) is 37.3 Å². The maximum atomic E-state index is 12.8. The zero-order chi connectivity index (χ0) is 16.1. The van der Waals surface area contributed by atoms with Crippen LogP contribution >= 0.6 is 0 Å². The molecule has 0 aromatic heterocycles. The van der Waals surface area contributed by atoms with Crippen molar-refractivity contribution in [3.63, 3.8) is 0 Å². The number of carbonyl (C=O) groups excluding carboxylic acids is 1. The van der Waals surface area contributed by atoms with Crippen molar-refractivity contribution in [2.75, 3.05) is 19.6 Å². The molecule has 3 nitrogen and oxygen atoms in total. The maximum absolute atomic E-state index is 12.8. The Hall–Kier alpha value is -1.61. The number of esters is 1. The lowest BCUT2D eigenvalue weighted by Gasteiger charge is -2.25. The molecular weight excluding hydrogens is 286 g/mol. The van der Waals surface area contributed by atoms with Crippen molar-refractivity contribution in [2.24, 2.45) is 5.92 Å². The Kier molecular flexibility index (Phi) is 5.50. The maximum Gasteiger partial charge on any atom is 0.314 e. The zero-order valence-corrected chi connectivity index (χ0v) is 14.0. The highest BCUT2D eigenvalue weighted by Gasteiger charge is 2.32. The molecule has 3 rings (SSSR count). The van der Waals surface area contributed by atoms with Gasteiger partial charge in [0.15, 0.2) is 0 Å². The van der Waals surface area contributed by atoms with E-state index >= 15 is 0 Å². The Morgan fingerprint density at radius 2 is 2.00 bits per heavy atom. The van der Waals surface area contributed by atoms with Gasteiger partial charge in [0.2, 0.25) is 0 Å². The Balaban J connectivity index is 1.66. The van der Waals surface area contributed by atoms with Crippen molar-refractivity contribution in [1.29, 1.82) is 0 Å². The van der Waals surface area contributed by atoms with E-state index in [4.69, 9.17) is 4.74 Å². The van der Waals surface area contributed by atoms with Gasteiger partial charge in [-0.1, -0.05) is 42.5 Å². The molecule has 0 saturated carbocycles. The van der Waals surface area contributed by atoms with E-state index in [-0.39, 0.29) is 23.9 Å². The van der Waals surface area contributed by atoms with E-state index in [1.54, 1.807) is 0 Å². The molecule has 1 aromatic carbocycles. The number of likely N-dealkylation sites (tertiary alicyclic amines) is 1. The van der Waals surface area contributed by atoms with Crippen LogP contribution in [0.2, 0.25) is 0 Å². The quantitative estimate of drug-likeness (QED) is 0.591. The number of carbonyl (C=O) groups is 1. The second-order valence-electron chi connectivity index (χ2n) is 6.81. The van der Waals surface area contributed by atoms with Crippen LogP contribution in [0.15, 0.2) is 42.5 Å². The summed E-state index contributed by atoms with van der Waals surface area (Å²) in [5.74, 6) is 0.0271. The molecule has 2 aliphatic rings. The Morgan fingerprint density at radius 3 is 2.65 bits per heavy atom. The van der Waals surface area contributed by atoms with Gasteiger partial charge in [-0.3, -0.25) is 9.69 Å². The molecule has 0 amide bonds. The van der Waals surface area contributed by atoms with Crippen molar-refractivity contribution in [1.82, 2.24) is 4.90 Å². The molecule has 23 heavy (non-hydrogen) atoms. The second kappa shape index (κ2) is 7.78. The summed E-state index contributed by atoms with van der Waals surface area (Å²) in [6, 6.07) is 10.1. The molecule has 3 atom stereocenters. The van der Waals surface area contributed by atoms with Gasteiger partial charge >= 0.3 is 5.97 Å². The van der Waals surface area contributed by atoms with Crippen LogP contribution in [-0.4, -0.2) is 36.6 Å². The zero-order valence-electron chi connectivity index (χ0n) is 14.0. The summed E-state index contributed by atoms with van der Waals surface area (Å²) in [6.45, 7) is 5.14. The molecular formula is C20H27NO2. The summed E-state index contributed by atoms with van der Waals surface area (Å²) < 4.78 is 5.83. The first-order valence-electron chi connectivity index (χ1n) is 8.88. The molecule has 1 heterocycles. The molecule has 1 aliphatic heterocycles. The van der Waals surface area contributed by atoms with E-state index in [1.165, 1.54) is 12.8 Å². The van der Waals surface area contributed by atoms with Crippen LogP contribution in [-0.2, 0) is 9.53 Å². The summed E-state index contributed by atoms with van der Waals surface area (Å²) in [6.07, 6.45) is 8.95. The molecule has 1 fully saturated rings. The largest absolute Gasteiger partial charge is 0.461 e. The second-order valence-corrected chi connectivity index (χ2v) is 6.81. The number of benzene rings is 1. The average molecular weight is 313 g/mol. The first kappa shape index (κ1) is 16.3. The number of rotatable bonds is 6. The fraction of sp³-hybridized carbons (Fsp3) is 0.550. The van der Waals surface area contributed by atoms with Crippen molar-refractivity contribution in [3.05, 3.63) is 48.0 Å². The SMILES string of the molecule is C[C@@H](CN1CCCC1)OC(=O)[C@H](c1ccccc1)[C@H]1C=CCC1. The third-order valence-electron chi connectivity index (χ3n) is 4.92. The smallest absolute Gasteiger partial charge is 0.314 e. The predicted octanol–water partition coefficient (Wildman–Crippen LogP) is 3.76. The van der Waals surface area contributed by atoms with Gasteiger partial charge in [-0.2, -0.15) is 0 Å². The molecule has 1 aromatic rings. The average Bonchev–Trinajstić information content (AvgIpc) is 3.22. The van der Waals surface area contributed by atoms with E-state index in [0.29, 0.717) is 0 Å². The summed E-state index contributed by atoms with van der Waals surface area (Å²) in [5, 5.41) is 0. The van der Waals surface area contributed by atoms with E-state index in [9.17, 15) is 4.79 Å². The highest BCUT2D eigenvalue weighted by molar-refractivity contribution is 5.79. The summed E-state index contributed by atoms with van der Waals surface area (Å²) in [7, 11) is 0. The monoisotopic (exact) mass is 313 g/mol. The van der Waals surface area contributed by atoms with Gasteiger partial charge in [-0.15, -0.1) is 0 Å². The third-order valence-corrected chi connectivity index (χ3v) is 4.92. The predicted molar refractivity (Wildman–Crippen MR) is 92.3 cm³/mol. The topological polar surface area (TPSA) is 29.5 Å². The molecule has 1 saturated heterocycles. The highest BCUT2D eigenvalue weighted by atomic mass is 16.5. The first-order valence-corrected chi connectivity index (χ1v) is 8.88. The molecule has 0 radical (unpaired) electrons. The summed E-state index contributed by atoms with van der Waals surface area (Å²) in [5.41, 5.74) is 1.07.